The summed E-state index contributed by atoms with van der Waals surface area (Å²) in [5.74, 6) is 2.72. The fourth-order valence-electron chi connectivity index (χ4n) is 3.78. The molecule has 1 aliphatic carbocycles. The van der Waals surface area contributed by atoms with Crippen molar-refractivity contribution in [3.05, 3.63) is 64.2 Å². The molecule has 1 atom stereocenters. The first-order valence-electron chi connectivity index (χ1n) is 8.93. The van der Waals surface area contributed by atoms with Crippen molar-refractivity contribution in [2.75, 3.05) is 5.32 Å². The molecule has 1 unspecified atom stereocenters. The summed E-state index contributed by atoms with van der Waals surface area (Å²) in [7, 11) is 0. The molecule has 2 aromatic heterocycles. The molecule has 1 N–H and O–H groups in total. The highest BCUT2D eigenvalue weighted by molar-refractivity contribution is 6.33. The highest BCUT2D eigenvalue weighted by atomic mass is 35.5. The zero-order chi connectivity index (χ0) is 18.5. The number of hydrogen-bond donors (Lipinski definition) is 1. The van der Waals surface area contributed by atoms with Crippen molar-refractivity contribution in [2.24, 2.45) is 0 Å². The molecule has 1 aromatic carbocycles. The van der Waals surface area contributed by atoms with E-state index in [0.29, 0.717) is 29.0 Å². The maximum atomic E-state index is 12.7. The Morgan fingerprint density at radius 2 is 2.07 bits per heavy atom. The number of aryl methyl sites for hydroxylation is 1. The van der Waals surface area contributed by atoms with Crippen LogP contribution in [-0.2, 0) is 4.79 Å². The number of rotatable bonds is 2. The van der Waals surface area contributed by atoms with Gasteiger partial charge < -0.3 is 9.73 Å². The summed E-state index contributed by atoms with van der Waals surface area (Å²) < 4.78 is 7.62. The summed E-state index contributed by atoms with van der Waals surface area (Å²) in [5, 5.41) is 8.58. The van der Waals surface area contributed by atoms with Crippen LogP contribution in [0, 0.1) is 6.92 Å². The average Bonchev–Trinajstić information content (AvgIpc) is 3.26. The number of furan rings is 1. The van der Waals surface area contributed by atoms with Gasteiger partial charge in [-0.05, 0) is 44.0 Å². The third kappa shape index (κ3) is 2.59. The molecule has 136 valence electrons. The van der Waals surface area contributed by atoms with Crippen LogP contribution in [0.2, 0.25) is 5.02 Å². The first kappa shape index (κ1) is 16.3. The van der Waals surface area contributed by atoms with Crippen molar-refractivity contribution in [2.45, 2.75) is 32.2 Å². The lowest BCUT2D eigenvalue weighted by Gasteiger charge is -2.30. The first-order valence-corrected chi connectivity index (χ1v) is 9.30. The van der Waals surface area contributed by atoms with E-state index in [4.69, 9.17) is 16.0 Å². The molecular weight excluding hydrogens is 364 g/mol. The largest absolute Gasteiger partial charge is 0.464 e. The molecule has 0 saturated carbocycles. The molecule has 3 heterocycles. The Morgan fingerprint density at radius 1 is 1.22 bits per heavy atom. The van der Waals surface area contributed by atoms with E-state index in [2.05, 4.69) is 15.4 Å². The van der Waals surface area contributed by atoms with Gasteiger partial charge in [0.15, 0.2) is 11.6 Å². The number of allylic oxidation sites excluding steroid dienone is 2. The number of anilines is 1. The number of ketones is 1. The predicted molar refractivity (Wildman–Crippen MR) is 102 cm³/mol. The molecule has 27 heavy (non-hydrogen) atoms. The van der Waals surface area contributed by atoms with E-state index in [-0.39, 0.29) is 5.78 Å². The van der Waals surface area contributed by atoms with E-state index in [1.165, 1.54) is 0 Å². The number of hydrogen-bond acceptors (Lipinski definition) is 5. The van der Waals surface area contributed by atoms with Gasteiger partial charge in [-0.2, -0.15) is 4.98 Å². The molecule has 0 spiro atoms. The molecule has 5 rings (SSSR count). The van der Waals surface area contributed by atoms with Crippen molar-refractivity contribution in [1.29, 1.82) is 0 Å². The van der Waals surface area contributed by atoms with E-state index < -0.39 is 6.04 Å². The lowest BCUT2D eigenvalue weighted by Crippen LogP contribution is -2.31. The van der Waals surface area contributed by atoms with E-state index in [9.17, 15) is 4.79 Å². The highest BCUT2D eigenvalue weighted by Gasteiger charge is 2.38. The van der Waals surface area contributed by atoms with Gasteiger partial charge in [-0.25, -0.2) is 4.68 Å². The second-order valence-electron chi connectivity index (χ2n) is 6.83. The number of nitrogens with one attached hydrogen (secondary N) is 1. The summed E-state index contributed by atoms with van der Waals surface area (Å²) in [6.07, 6.45) is 2.18. The molecule has 6 nitrogen and oxygen atoms in total. The lowest BCUT2D eigenvalue weighted by molar-refractivity contribution is -0.116. The van der Waals surface area contributed by atoms with Crippen LogP contribution < -0.4 is 5.32 Å². The monoisotopic (exact) mass is 380 g/mol. The van der Waals surface area contributed by atoms with Crippen molar-refractivity contribution in [3.8, 4) is 11.4 Å². The Hall–Kier alpha value is -2.86. The van der Waals surface area contributed by atoms with Crippen molar-refractivity contribution >= 4 is 23.3 Å². The van der Waals surface area contributed by atoms with Gasteiger partial charge in [0.2, 0.25) is 5.95 Å². The number of carbonyl (C=O) groups is 1. The third-order valence-electron chi connectivity index (χ3n) is 5.01. The van der Waals surface area contributed by atoms with Gasteiger partial charge in [-0.1, -0.05) is 23.7 Å². The van der Waals surface area contributed by atoms with Crippen LogP contribution in [0.25, 0.3) is 11.4 Å². The van der Waals surface area contributed by atoms with E-state index >= 15 is 0 Å². The number of aromatic nitrogens is 3. The van der Waals surface area contributed by atoms with Gasteiger partial charge in [0.05, 0.1) is 5.02 Å². The molecule has 3 aromatic rings. The Bertz CT molecular complexity index is 1100. The van der Waals surface area contributed by atoms with Crippen LogP contribution >= 0.6 is 11.6 Å². The van der Waals surface area contributed by atoms with Crippen LogP contribution in [0.4, 0.5) is 5.95 Å². The average molecular weight is 381 g/mol. The Kier molecular flexibility index (Phi) is 3.68. The van der Waals surface area contributed by atoms with Crippen LogP contribution in [0.1, 0.15) is 36.8 Å². The van der Waals surface area contributed by atoms with Crippen LogP contribution in [0.3, 0.4) is 0 Å². The fourth-order valence-corrected chi connectivity index (χ4v) is 4.00. The van der Waals surface area contributed by atoms with E-state index in [1.54, 1.807) is 4.68 Å². The second kappa shape index (κ2) is 6.09. The van der Waals surface area contributed by atoms with Gasteiger partial charge in [0.1, 0.15) is 17.6 Å². The zero-order valence-electron chi connectivity index (χ0n) is 14.7. The maximum absolute atomic E-state index is 12.7. The molecule has 0 amide bonds. The van der Waals surface area contributed by atoms with E-state index in [0.717, 1.165) is 35.4 Å². The zero-order valence-corrected chi connectivity index (χ0v) is 15.5. The number of halogens is 1. The van der Waals surface area contributed by atoms with Crippen LogP contribution in [0.5, 0.6) is 0 Å². The van der Waals surface area contributed by atoms with Gasteiger partial charge in [-0.15, -0.1) is 5.10 Å². The lowest BCUT2D eigenvalue weighted by atomic mass is 9.88. The van der Waals surface area contributed by atoms with Gasteiger partial charge in [0, 0.05) is 23.3 Å². The van der Waals surface area contributed by atoms with E-state index in [1.807, 2.05) is 43.3 Å². The smallest absolute Gasteiger partial charge is 0.227 e. The summed E-state index contributed by atoms with van der Waals surface area (Å²) in [4.78, 5) is 17.4. The number of carbonyl (C=O) groups excluding carboxylic acids is 1. The molecule has 2 aliphatic rings. The molecule has 0 fully saturated rings. The molecule has 7 heteroatoms. The minimum Gasteiger partial charge on any atom is -0.464 e. The standard InChI is InChI=1S/C20H17ClN4O2/c1-11-9-10-16(27-11)18-17-14(7-4-8-15(17)26)22-20-23-19(24-25(18)20)12-5-2-3-6-13(12)21/h2-3,5-6,9-10,18H,4,7-8H2,1H3,(H,22,23,24). The number of fused-ring (bicyclic) bond motifs is 1. The fraction of sp³-hybridized carbons (Fsp3) is 0.250. The molecule has 0 saturated heterocycles. The number of Topliss-reactive ketones (excluding diaryl/α,β-unsaturated/α-hetero) is 1. The highest BCUT2D eigenvalue weighted by Crippen LogP contribution is 2.41. The van der Waals surface area contributed by atoms with Crippen molar-refractivity contribution in [3.63, 3.8) is 0 Å². The predicted octanol–water partition coefficient (Wildman–Crippen LogP) is 4.52. The molecular formula is C20H17ClN4O2. The van der Waals surface area contributed by atoms with Gasteiger partial charge in [0.25, 0.3) is 0 Å². The molecule has 0 bridgehead atoms. The summed E-state index contributed by atoms with van der Waals surface area (Å²) >= 11 is 6.33. The van der Waals surface area contributed by atoms with Gasteiger partial charge in [-0.3, -0.25) is 4.79 Å². The quantitative estimate of drug-likeness (QED) is 0.707. The van der Waals surface area contributed by atoms with Crippen LogP contribution in [0.15, 0.2) is 52.1 Å². The van der Waals surface area contributed by atoms with Crippen molar-refractivity contribution < 1.29 is 9.21 Å². The van der Waals surface area contributed by atoms with Crippen LogP contribution in [-0.4, -0.2) is 20.5 Å². The summed E-state index contributed by atoms with van der Waals surface area (Å²) in [5.41, 5.74) is 2.39. The second-order valence-corrected chi connectivity index (χ2v) is 7.24. The number of benzene rings is 1. The number of nitrogens with zero attached hydrogens (tertiary/aromatic N) is 3. The summed E-state index contributed by atoms with van der Waals surface area (Å²) in [6, 6.07) is 10.8. The first-order chi connectivity index (χ1) is 13.1. The Labute approximate surface area is 160 Å². The SMILES string of the molecule is Cc1ccc(C2C3=C(CCCC3=O)Nc3nc(-c4ccccc4Cl)nn32)o1. The topological polar surface area (TPSA) is 73.0 Å². The Morgan fingerprint density at radius 3 is 2.85 bits per heavy atom. The van der Waals surface area contributed by atoms with Crippen molar-refractivity contribution in [1.82, 2.24) is 14.8 Å². The molecule has 1 aliphatic heterocycles. The maximum Gasteiger partial charge on any atom is 0.227 e. The third-order valence-corrected chi connectivity index (χ3v) is 5.34. The summed E-state index contributed by atoms with van der Waals surface area (Å²) in [6.45, 7) is 1.89. The normalized spacial score (nSPS) is 18.9. The minimum atomic E-state index is -0.415. The minimum absolute atomic E-state index is 0.128. The van der Waals surface area contributed by atoms with Gasteiger partial charge >= 0.3 is 0 Å². The molecule has 0 radical (unpaired) electrons. The Balaban J connectivity index is 1.69.